The Balaban J connectivity index is 1.96. The number of hydrogen-bond acceptors (Lipinski definition) is 0. The second-order valence-corrected chi connectivity index (χ2v) is 16.3. The average molecular weight is 454 g/mol. The summed E-state index contributed by atoms with van der Waals surface area (Å²) in [5.74, 6) is 0. The van der Waals surface area contributed by atoms with Crippen molar-refractivity contribution < 1.29 is 0 Å². The summed E-state index contributed by atoms with van der Waals surface area (Å²) in [5, 5.41) is 1.33. The van der Waals surface area contributed by atoms with E-state index in [1.807, 2.05) is 0 Å². The first-order valence-electron chi connectivity index (χ1n) is 8.09. The minimum absolute atomic E-state index is 0.606. The van der Waals surface area contributed by atoms with Crippen molar-refractivity contribution in [1.29, 1.82) is 0 Å². The van der Waals surface area contributed by atoms with E-state index in [0.29, 0.717) is 15.0 Å². The molecule has 0 radical (unpaired) electrons. The van der Waals surface area contributed by atoms with E-state index in [1.54, 1.807) is 0 Å². The van der Waals surface area contributed by atoms with E-state index in [9.17, 15) is 0 Å². The maximum absolute atomic E-state index is 3.90. The van der Waals surface area contributed by atoms with Crippen LogP contribution in [0.3, 0.4) is 0 Å². The van der Waals surface area contributed by atoms with Gasteiger partial charge in [0, 0.05) is 0 Å². The molecule has 0 spiro atoms. The van der Waals surface area contributed by atoms with E-state index < -0.39 is 5.51 Å². The van der Waals surface area contributed by atoms with Gasteiger partial charge < -0.3 is 0 Å². The Labute approximate surface area is 155 Å². The van der Waals surface area contributed by atoms with Crippen LogP contribution in [0.15, 0.2) is 72.2 Å². The van der Waals surface area contributed by atoms with Crippen LogP contribution in [0, 0.1) is 0 Å². The Morgan fingerprint density at radius 3 is 1.74 bits per heavy atom. The summed E-state index contributed by atoms with van der Waals surface area (Å²) in [4.78, 5) is 2.12. The fourth-order valence-electron chi connectivity index (χ4n) is 2.59. The van der Waals surface area contributed by atoms with Crippen molar-refractivity contribution >= 4 is 35.6 Å². The summed E-state index contributed by atoms with van der Waals surface area (Å²) in [6.07, 6.45) is 6.45. The van der Waals surface area contributed by atoms with Crippen molar-refractivity contribution in [3.8, 4) is 0 Å². The number of aryl methyl sites for hydroxylation is 2. The molecule has 0 atom stereocenters. The zero-order valence-corrected chi connectivity index (χ0v) is 17.9. The predicted octanol–water partition coefficient (Wildman–Crippen LogP) is 4.84. The monoisotopic (exact) mass is 456 g/mol. The van der Waals surface area contributed by atoms with Crippen LogP contribution in [0.2, 0.25) is 5.32 Å². The first-order chi connectivity index (χ1) is 11.2. The van der Waals surface area contributed by atoms with Gasteiger partial charge >= 0.3 is 156 Å². The summed E-state index contributed by atoms with van der Waals surface area (Å²) in [7, 11) is 0. The van der Waals surface area contributed by atoms with Crippen LogP contribution in [-0.4, -0.2) is 48.5 Å². The molecule has 2 aromatic carbocycles. The van der Waals surface area contributed by atoms with E-state index in [0.717, 1.165) is 0 Å². The zero-order chi connectivity index (χ0) is 16.4. The molecule has 0 N–H and O–H groups in total. The molecule has 0 heterocycles. The molecule has 3 heteroatoms. The molecule has 0 nitrogen and oxygen atoms in total. The molecule has 2 rings (SSSR count). The fourth-order valence-corrected chi connectivity index (χ4v) is 11.7. The van der Waals surface area contributed by atoms with E-state index in [1.165, 1.54) is 47.8 Å². The van der Waals surface area contributed by atoms with Gasteiger partial charge in [-0.1, -0.05) is 0 Å². The van der Waals surface area contributed by atoms with Crippen molar-refractivity contribution in [2.75, 3.05) is 18.5 Å². The third-order valence-corrected chi connectivity index (χ3v) is 12.7. The molecular formula is C20H25PSe2. The molecule has 0 bridgehead atoms. The van der Waals surface area contributed by atoms with Crippen LogP contribution >= 0.6 is 5.51 Å². The van der Waals surface area contributed by atoms with E-state index in [-0.39, 0.29) is 0 Å². The second-order valence-electron chi connectivity index (χ2n) is 5.74. The molecule has 0 aromatic heterocycles. The molecule has 2 aromatic rings. The normalized spacial score (nSPS) is 11.3. The van der Waals surface area contributed by atoms with Gasteiger partial charge in [0.25, 0.3) is 0 Å². The molecule has 23 heavy (non-hydrogen) atoms. The molecule has 0 aliphatic carbocycles. The Morgan fingerprint density at radius 1 is 0.826 bits per heavy atom. The van der Waals surface area contributed by atoms with Crippen molar-refractivity contribution in [2.45, 2.75) is 18.2 Å². The fraction of sp³-hybridized carbons (Fsp3) is 0.300. The van der Waals surface area contributed by atoms with Crippen LogP contribution in [0.5, 0.6) is 0 Å². The van der Waals surface area contributed by atoms with Crippen LogP contribution in [0.25, 0.3) is 0 Å². The van der Waals surface area contributed by atoms with Gasteiger partial charge in [-0.3, -0.25) is 0 Å². The van der Waals surface area contributed by atoms with E-state index >= 15 is 0 Å². The third kappa shape index (κ3) is 7.38. The summed E-state index contributed by atoms with van der Waals surface area (Å²) >= 11 is 4.28. The molecule has 0 amide bonds. The van der Waals surface area contributed by atoms with Gasteiger partial charge in [0.2, 0.25) is 0 Å². The predicted molar refractivity (Wildman–Crippen MR) is 108 cm³/mol. The van der Waals surface area contributed by atoms with Crippen molar-refractivity contribution in [2.24, 2.45) is 0 Å². The maximum atomic E-state index is 3.90. The minimum atomic E-state index is -0.987. The van der Waals surface area contributed by atoms with Gasteiger partial charge in [-0.2, -0.15) is 0 Å². The van der Waals surface area contributed by atoms with Gasteiger partial charge in [-0.25, -0.2) is 0 Å². The summed E-state index contributed by atoms with van der Waals surface area (Å²) in [6.45, 7) is 3.90. The molecule has 0 fully saturated rings. The molecule has 0 aliphatic rings. The molecule has 122 valence electrons. The van der Waals surface area contributed by atoms with Crippen LogP contribution in [0.1, 0.15) is 11.1 Å². The Hall–Kier alpha value is -0.351. The van der Waals surface area contributed by atoms with Crippen molar-refractivity contribution in [1.82, 2.24) is 0 Å². The first-order valence-corrected chi connectivity index (χ1v) is 14.9. The number of hydrogen-bond donors (Lipinski definition) is 0. The van der Waals surface area contributed by atoms with Crippen LogP contribution in [0.4, 0.5) is 0 Å². The summed E-state index contributed by atoms with van der Waals surface area (Å²) in [5.41, 5.74) is 1.96. The number of benzene rings is 2. The van der Waals surface area contributed by atoms with Crippen LogP contribution < -0.4 is 0 Å². The SMILES string of the molecule is C=C[Se]CCP(=[Se])(CCc1ccccc1)CCc1ccccc1. The van der Waals surface area contributed by atoms with Gasteiger partial charge in [-0.15, -0.1) is 0 Å². The van der Waals surface area contributed by atoms with Crippen molar-refractivity contribution in [3.05, 3.63) is 83.3 Å². The van der Waals surface area contributed by atoms with Crippen molar-refractivity contribution in [3.63, 3.8) is 0 Å². The quantitative estimate of drug-likeness (QED) is 0.274. The molecule has 0 aliphatic heterocycles. The first kappa shape index (κ1) is 19.0. The molecular weight excluding hydrogens is 429 g/mol. The van der Waals surface area contributed by atoms with Gasteiger partial charge in [0.1, 0.15) is 0 Å². The Morgan fingerprint density at radius 2 is 1.30 bits per heavy atom. The van der Waals surface area contributed by atoms with E-state index in [4.69, 9.17) is 0 Å². The molecule has 0 unspecified atom stereocenters. The van der Waals surface area contributed by atoms with E-state index in [2.05, 4.69) is 87.3 Å². The Kier molecular flexibility index (Phi) is 8.67. The summed E-state index contributed by atoms with van der Waals surface area (Å²) in [6, 6.07) is 21.9. The second kappa shape index (κ2) is 10.5. The summed E-state index contributed by atoms with van der Waals surface area (Å²) < 4.78 is 0. The third-order valence-electron chi connectivity index (χ3n) is 4.04. The van der Waals surface area contributed by atoms with Crippen LogP contribution in [-0.2, 0) is 12.8 Å². The Bertz CT molecular complexity index is 575. The average Bonchev–Trinajstić information content (AvgIpc) is 2.61. The topological polar surface area (TPSA) is 0 Å². The van der Waals surface area contributed by atoms with Gasteiger partial charge in [0.05, 0.1) is 0 Å². The number of rotatable bonds is 10. The van der Waals surface area contributed by atoms with Gasteiger partial charge in [-0.05, 0) is 0 Å². The molecule has 0 saturated carbocycles. The standard InChI is InChI=1S/C20H25PSe2/c1-2-23-18-17-21(22,15-13-19-9-5-3-6-10-19)16-14-20-11-7-4-8-12-20/h2-12H,1,13-18H2. The molecule has 0 saturated heterocycles. The van der Waals surface area contributed by atoms with Gasteiger partial charge in [0.15, 0.2) is 0 Å². The zero-order valence-electron chi connectivity index (χ0n) is 13.6.